The normalized spacial score (nSPS) is 24.4. The predicted molar refractivity (Wildman–Crippen MR) is 91.6 cm³/mol. The van der Waals surface area contributed by atoms with Crippen LogP contribution >= 0.6 is 0 Å². The first kappa shape index (κ1) is 21.0. The van der Waals surface area contributed by atoms with E-state index in [0.29, 0.717) is 24.5 Å². The maximum Gasteiger partial charge on any atom is 0.417 e. The van der Waals surface area contributed by atoms with Gasteiger partial charge in [0, 0.05) is 6.04 Å². The van der Waals surface area contributed by atoms with E-state index in [1.54, 1.807) is 0 Å². The zero-order valence-electron chi connectivity index (χ0n) is 15.3. The van der Waals surface area contributed by atoms with Crippen molar-refractivity contribution in [3.8, 4) is 0 Å². The second-order valence-electron chi connectivity index (χ2n) is 7.83. The van der Waals surface area contributed by atoms with E-state index in [2.05, 4.69) is 5.32 Å². The van der Waals surface area contributed by atoms with Crippen molar-refractivity contribution in [3.63, 3.8) is 0 Å². The molecular formula is C20H23F6NO. The Kier molecular flexibility index (Phi) is 5.96. The third-order valence-corrected chi connectivity index (χ3v) is 6.04. The summed E-state index contributed by atoms with van der Waals surface area (Å²) in [4.78, 5) is 12.6. The number of halogens is 6. The molecule has 156 valence electrons. The fourth-order valence-electron chi connectivity index (χ4n) is 4.69. The van der Waals surface area contributed by atoms with Gasteiger partial charge in [-0.2, -0.15) is 26.3 Å². The lowest BCUT2D eigenvalue weighted by atomic mass is 9.77. The van der Waals surface area contributed by atoms with Crippen LogP contribution < -0.4 is 5.32 Å². The highest BCUT2D eigenvalue weighted by Gasteiger charge is 2.41. The molecule has 1 amide bonds. The average molecular weight is 407 g/mol. The van der Waals surface area contributed by atoms with Gasteiger partial charge in [-0.05, 0) is 42.9 Å². The van der Waals surface area contributed by atoms with E-state index in [9.17, 15) is 31.1 Å². The third kappa shape index (κ3) is 4.63. The largest absolute Gasteiger partial charge is 0.417 e. The minimum absolute atomic E-state index is 0.0161. The van der Waals surface area contributed by atoms with Gasteiger partial charge < -0.3 is 5.32 Å². The van der Waals surface area contributed by atoms with Crippen molar-refractivity contribution in [2.45, 2.75) is 69.8 Å². The monoisotopic (exact) mass is 407 g/mol. The molecule has 3 rings (SSSR count). The van der Waals surface area contributed by atoms with Gasteiger partial charge in [0.05, 0.1) is 16.7 Å². The van der Waals surface area contributed by atoms with E-state index in [-0.39, 0.29) is 18.0 Å². The number of carbonyl (C=O) groups excluding carboxylic acids is 1. The van der Waals surface area contributed by atoms with Crippen molar-refractivity contribution in [1.29, 1.82) is 0 Å². The Morgan fingerprint density at radius 3 is 2.14 bits per heavy atom. The van der Waals surface area contributed by atoms with Crippen molar-refractivity contribution in [3.05, 3.63) is 34.9 Å². The molecule has 0 aromatic heterocycles. The Morgan fingerprint density at radius 1 is 0.857 bits per heavy atom. The Labute approximate surface area is 159 Å². The van der Waals surface area contributed by atoms with Gasteiger partial charge in [0.2, 0.25) is 0 Å². The first-order valence-corrected chi connectivity index (χ1v) is 9.66. The molecule has 1 N–H and O–H groups in total. The summed E-state index contributed by atoms with van der Waals surface area (Å²) in [6.45, 7) is 0. The zero-order chi connectivity index (χ0) is 20.5. The molecule has 0 bridgehead atoms. The molecule has 0 spiro atoms. The minimum atomic E-state index is -5.05. The first-order chi connectivity index (χ1) is 13.1. The molecular weight excluding hydrogens is 384 g/mol. The second kappa shape index (κ2) is 7.95. The standard InChI is InChI=1S/C20H23F6NO/c21-19(22,23)13-9-10-15(16(11-13)20(24,25)26)18(28)27-17-8-4-7-14(17)12-5-2-1-3-6-12/h9-12,14,17H,1-8H2,(H,27,28). The number of carbonyl (C=O) groups is 1. The molecule has 2 fully saturated rings. The molecule has 8 heteroatoms. The second-order valence-corrected chi connectivity index (χ2v) is 7.83. The van der Waals surface area contributed by atoms with Crippen molar-refractivity contribution in [2.24, 2.45) is 11.8 Å². The van der Waals surface area contributed by atoms with Gasteiger partial charge in [0.1, 0.15) is 0 Å². The van der Waals surface area contributed by atoms with Gasteiger partial charge in [0.25, 0.3) is 5.91 Å². The van der Waals surface area contributed by atoms with Crippen LogP contribution in [0.5, 0.6) is 0 Å². The topological polar surface area (TPSA) is 29.1 Å². The Morgan fingerprint density at radius 2 is 1.54 bits per heavy atom. The van der Waals surface area contributed by atoms with E-state index in [1.807, 2.05) is 0 Å². The molecule has 2 atom stereocenters. The molecule has 0 aliphatic heterocycles. The van der Waals surface area contributed by atoms with Crippen molar-refractivity contribution >= 4 is 5.91 Å². The third-order valence-electron chi connectivity index (χ3n) is 6.04. The SMILES string of the molecule is O=C(NC1CCCC1C1CCCCC1)c1ccc(C(F)(F)F)cc1C(F)(F)F. The maximum absolute atomic E-state index is 13.3. The van der Waals surface area contributed by atoms with E-state index >= 15 is 0 Å². The summed E-state index contributed by atoms with van der Waals surface area (Å²) in [5.41, 5.74) is -3.72. The Hall–Kier alpha value is -1.73. The summed E-state index contributed by atoms with van der Waals surface area (Å²) in [6.07, 6.45) is -1.90. The van der Waals surface area contributed by atoms with Crippen LogP contribution in [0, 0.1) is 11.8 Å². The number of hydrogen-bond donors (Lipinski definition) is 1. The summed E-state index contributed by atoms with van der Waals surface area (Å²) in [5, 5.41) is 2.69. The lowest BCUT2D eigenvalue weighted by Crippen LogP contribution is -2.41. The number of hydrogen-bond acceptors (Lipinski definition) is 1. The van der Waals surface area contributed by atoms with E-state index in [1.165, 1.54) is 6.42 Å². The molecule has 1 aromatic carbocycles. The molecule has 2 nitrogen and oxygen atoms in total. The van der Waals surface area contributed by atoms with Crippen LogP contribution in [0.3, 0.4) is 0 Å². The summed E-state index contributed by atoms with van der Waals surface area (Å²) in [5.74, 6) is -0.266. The van der Waals surface area contributed by atoms with Crippen LogP contribution in [0.25, 0.3) is 0 Å². The lowest BCUT2D eigenvalue weighted by molar-refractivity contribution is -0.143. The summed E-state index contributed by atoms with van der Waals surface area (Å²) in [7, 11) is 0. The Bertz CT molecular complexity index is 706. The van der Waals surface area contributed by atoms with Gasteiger partial charge in [-0.15, -0.1) is 0 Å². The number of alkyl halides is 6. The van der Waals surface area contributed by atoms with Gasteiger partial charge >= 0.3 is 12.4 Å². The predicted octanol–water partition coefficient (Wildman–Crippen LogP) is 6.20. The zero-order valence-corrected chi connectivity index (χ0v) is 15.3. The lowest BCUT2D eigenvalue weighted by Gasteiger charge is -2.32. The van der Waals surface area contributed by atoms with Gasteiger partial charge in [0.15, 0.2) is 0 Å². The molecule has 0 heterocycles. The molecule has 2 unspecified atom stereocenters. The highest BCUT2D eigenvalue weighted by atomic mass is 19.4. The fourth-order valence-corrected chi connectivity index (χ4v) is 4.69. The molecule has 0 saturated heterocycles. The minimum Gasteiger partial charge on any atom is -0.349 e. The van der Waals surface area contributed by atoms with Crippen LogP contribution in [0.4, 0.5) is 26.3 Å². The van der Waals surface area contributed by atoms with Crippen LogP contribution in [0.2, 0.25) is 0 Å². The average Bonchev–Trinajstić information content (AvgIpc) is 3.08. The molecule has 1 aromatic rings. The molecule has 2 aliphatic rings. The fraction of sp³-hybridized carbons (Fsp3) is 0.650. The van der Waals surface area contributed by atoms with Crippen LogP contribution in [-0.4, -0.2) is 11.9 Å². The molecule has 28 heavy (non-hydrogen) atoms. The van der Waals surface area contributed by atoms with Crippen LogP contribution in [0.15, 0.2) is 18.2 Å². The summed E-state index contributed by atoms with van der Waals surface area (Å²) >= 11 is 0. The smallest absolute Gasteiger partial charge is 0.349 e. The Balaban J connectivity index is 1.81. The number of amides is 1. The first-order valence-electron chi connectivity index (χ1n) is 9.66. The van der Waals surface area contributed by atoms with Gasteiger partial charge in [-0.3, -0.25) is 4.79 Å². The molecule has 0 radical (unpaired) electrons. The molecule has 2 saturated carbocycles. The van der Waals surface area contributed by atoms with Crippen molar-refractivity contribution in [2.75, 3.05) is 0 Å². The number of nitrogens with one attached hydrogen (secondary N) is 1. The summed E-state index contributed by atoms with van der Waals surface area (Å²) in [6, 6.07) is 0.949. The van der Waals surface area contributed by atoms with Crippen LogP contribution in [0.1, 0.15) is 72.9 Å². The van der Waals surface area contributed by atoms with Crippen molar-refractivity contribution < 1.29 is 31.1 Å². The maximum atomic E-state index is 13.3. The van der Waals surface area contributed by atoms with Gasteiger partial charge in [-0.25, -0.2) is 0 Å². The highest BCUT2D eigenvalue weighted by Crippen LogP contribution is 2.40. The van der Waals surface area contributed by atoms with E-state index in [0.717, 1.165) is 38.5 Å². The summed E-state index contributed by atoms with van der Waals surface area (Å²) < 4.78 is 78.3. The number of rotatable bonds is 3. The molecule has 2 aliphatic carbocycles. The van der Waals surface area contributed by atoms with Crippen LogP contribution in [-0.2, 0) is 12.4 Å². The van der Waals surface area contributed by atoms with E-state index < -0.39 is 35.0 Å². The quantitative estimate of drug-likeness (QED) is 0.594. The number of benzene rings is 1. The van der Waals surface area contributed by atoms with Crippen molar-refractivity contribution in [1.82, 2.24) is 5.32 Å². The van der Waals surface area contributed by atoms with E-state index in [4.69, 9.17) is 0 Å². The highest BCUT2D eigenvalue weighted by molar-refractivity contribution is 5.96. The van der Waals surface area contributed by atoms with Gasteiger partial charge in [-0.1, -0.05) is 38.5 Å².